The van der Waals surface area contributed by atoms with Crippen LogP contribution in [-0.2, 0) is 31.7 Å². The molecule has 0 fully saturated rings. The molecule has 0 spiro atoms. The number of aromatic nitrogens is 5. The Kier molecular flexibility index (Phi) is 6.71. The SMILES string of the molecule is Cc1nn(C)c(=O)c(-c2c(F)ccc(Cl)c2CCc2ccc3nnn(C)c3c2)c1OC(=O)C(C)C. The maximum absolute atomic E-state index is 15.4. The number of hydrogen-bond acceptors (Lipinski definition) is 6. The maximum Gasteiger partial charge on any atom is 0.313 e. The molecule has 8 nitrogen and oxygen atoms in total. The summed E-state index contributed by atoms with van der Waals surface area (Å²) >= 11 is 6.54. The number of hydrogen-bond donors (Lipinski definition) is 0. The van der Waals surface area contributed by atoms with Gasteiger partial charge in [0.1, 0.15) is 17.0 Å². The standard InChI is InChI=1S/C25H25ClFN5O3/c1-13(2)25(34)35-23-14(3)29-32(5)24(33)22(23)21-16(17(26)9-10-18(21)27)8-6-15-7-11-19-20(12-15)31(4)30-28-19/h7,9-13H,6,8H2,1-5H3. The summed E-state index contributed by atoms with van der Waals surface area (Å²) in [6.07, 6.45) is 0.855. The van der Waals surface area contributed by atoms with Gasteiger partial charge in [0, 0.05) is 24.7 Å². The molecule has 0 atom stereocenters. The van der Waals surface area contributed by atoms with Crippen molar-refractivity contribution >= 4 is 28.6 Å². The Labute approximate surface area is 206 Å². The molecule has 2 heterocycles. The second-order valence-corrected chi connectivity index (χ2v) is 9.12. The van der Waals surface area contributed by atoms with Crippen LogP contribution in [0.1, 0.15) is 30.7 Å². The normalized spacial score (nSPS) is 11.4. The van der Waals surface area contributed by atoms with E-state index in [4.69, 9.17) is 16.3 Å². The van der Waals surface area contributed by atoms with Gasteiger partial charge in [-0.3, -0.25) is 9.59 Å². The first-order chi connectivity index (χ1) is 16.6. The molecule has 0 aliphatic rings. The summed E-state index contributed by atoms with van der Waals surface area (Å²) in [6, 6.07) is 8.43. The molecule has 0 unspecified atom stereocenters. The highest BCUT2D eigenvalue weighted by Crippen LogP contribution is 2.37. The number of fused-ring (bicyclic) bond motifs is 1. The first-order valence-electron chi connectivity index (χ1n) is 11.1. The average Bonchev–Trinajstić information content (AvgIpc) is 3.18. The number of nitrogens with zero attached hydrogens (tertiary/aromatic N) is 5. The lowest BCUT2D eigenvalue weighted by molar-refractivity contribution is -0.137. The minimum absolute atomic E-state index is 0.0124. The zero-order valence-corrected chi connectivity index (χ0v) is 20.9. The van der Waals surface area contributed by atoms with Gasteiger partial charge in [-0.05, 0) is 55.2 Å². The van der Waals surface area contributed by atoms with Gasteiger partial charge < -0.3 is 4.74 Å². The predicted octanol–water partition coefficient (Wildman–Crippen LogP) is 4.18. The summed E-state index contributed by atoms with van der Waals surface area (Å²) in [4.78, 5) is 25.6. The number of benzene rings is 2. The van der Waals surface area contributed by atoms with Crippen LogP contribution < -0.4 is 10.3 Å². The van der Waals surface area contributed by atoms with E-state index in [1.165, 1.54) is 19.2 Å². The van der Waals surface area contributed by atoms with Gasteiger partial charge in [0.15, 0.2) is 5.75 Å². The molecule has 35 heavy (non-hydrogen) atoms. The third-order valence-electron chi connectivity index (χ3n) is 5.83. The van der Waals surface area contributed by atoms with Gasteiger partial charge in [-0.15, -0.1) is 5.10 Å². The lowest BCUT2D eigenvalue weighted by atomic mass is 9.94. The number of carbonyl (C=O) groups excluding carboxylic acids is 1. The lowest BCUT2D eigenvalue weighted by Gasteiger charge is -2.18. The van der Waals surface area contributed by atoms with Crippen LogP contribution in [0.4, 0.5) is 4.39 Å². The highest BCUT2D eigenvalue weighted by atomic mass is 35.5. The van der Waals surface area contributed by atoms with Crippen molar-refractivity contribution in [3.8, 4) is 16.9 Å². The van der Waals surface area contributed by atoms with E-state index in [2.05, 4.69) is 15.4 Å². The molecule has 2 aromatic heterocycles. The van der Waals surface area contributed by atoms with Gasteiger partial charge in [-0.2, -0.15) is 5.10 Å². The number of esters is 1. The van der Waals surface area contributed by atoms with Crippen LogP contribution in [0.3, 0.4) is 0 Å². The molecule has 0 radical (unpaired) electrons. The fourth-order valence-corrected chi connectivity index (χ4v) is 4.18. The Balaban J connectivity index is 1.84. The number of ether oxygens (including phenoxy) is 1. The monoisotopic (exact) mass is 497 g/mol. The topological polar surface area (TPSA) is 91.9 Å². The van der Waals surface area contributed by atoms with Crippen LogP contribution in [0.5, 0.6) is 5.75 Å². The first-order valence-corrected chi connectivity index (χ1v) is 11.5. The number of carbonyl (C=O) groups is 1. The van der Waals surface area contributed by atoms with Gasteiger partial charge in [0.2, 0.25) is 0 Å². The highest BCUT2D eigenvalue weighted by molar-refractivity contribution is 6.31. The maximum atomic E-state index is 15.4. The van der Waals surface area contributed by atoms with Gasteiger partial charge in [-0.1, -0.05) is 36.7 Å². The second kappa shape index (κ2) is 9.58. The number of halogens is 2. The van der Waals surface area contributed by atoms with Crippen LogP contribution in [0.25, 0.3) is 22.2 Å². The van der Waals surface area contributed by atoms with Crippen LogP contribution in [0.2, 0.25) is 5.02 Å². The zero-order valence-electron chi connectivity index (χ0n) is 20.1. The van der Waals surface area contributed by atoms with Crippen LogP contribution in [-0.4, -0.2) is 30.7 Å². The predicted molar refractivity (Wildman–Crippen MR) is 131 cm³/mol. The third kappa shape index (κ3) is 4.68. The van der Waals surface area contributed by atoms with E-state index in [9.17, 15) is 9.59 Å². The highest BCUT2D eigenvalue weighted by Gasteiger charge is 2.26. The quantitative estimate of drug-likeness (QED) is 0.371. The molecule has 0 bridgehead atoms. The zero-order chi connectivity index (χ0) is 25.4. The molecule has 2 aromatic carbocycles. The molecule has 0 N–H and O–H groups in total. The average molecular weight is 498 g/mol. The van der Waals surface area contributed by atoms with Gasteiger partial charge in [0.25, 0.3) is 5.56 Å². The Hall–Kier alpha value is -3.59. The Morgan fingerprint density at radius 3 is 2.57 bits per heavy atom. The van der Waals surface area contributed by atoms with Gasteiger partial charge in [-0.25, -0.2) is 13.8 Å². The molecule has 4 rings (SSSR count). The van der Waals surface area contributed by atoms with E-state index >= 15 is 4.39 Å². The molecular weight excluding hydrogens is 473 g/mol. The van der Waals surface area contributed by atoms with Crippen molar-refractivity contribution in [3.05, 3.63) is 68.3 Å². The molecule has 0 amide bonds. The summed E-state index contributed by atoms with van der Waals surface area (Å²) in [5, 5.41) is 12.5. The minimum Gasteiger partial charge on any atom is -0.423 e. The van der Waals surface area contributed by atoms with Crippen molar-refractivity contribution < 1.29 is 13.9 Å². The van der Waals surface area contributed by atoms with Crippen molar-refractivity contribution in [1.82, 2.24) is 24.8 Å². The summed E-state index contributed by atoms with van der Waals surface area (Å²) < 4.78 is 23.7. The van der Waals surface area contributed by atoms with Gasteiger partial charge in [0.05, 0.1) is 17.0 Å². The lowest BCUT2D eigenvalue weighted by Crippen LogP contribution is -2.26. The minimum atomic E-state index is -0.639. The summed E-state index contributed by atoms with van der Waals surface area (Å²) in [5.74, 6) is -1.70. The van der Waals surface area contributed by atoms with Crippen LogP contribution in [0.15, 0.2) is 35.1 Å². The van der Waals surface area contributed by atoms with Crippen molar-refractivity contribution in [3.63, 3.8) is 0 Å². The molecule has 0 aliphatic carbocycles. The van der Waals surface area contributed by atoms with E-state index in [0.29, 0.717) is 23.4 Å². The molecule has 4 aromatic rings. The fraction of sp³-hybridized carbons (Fsp3) is 0.320. The fourth-order valence-electron chi connectivity index (χ4n) is 3.93. The van der Waals surface area contributed by atoms with E-state index in [0.717, 1.165) is 21.3 Å². The van der Waals surface area contributed by atoms with E-state index in [1.54, 1.807) is 25.5 Å². The van der Waals surface area contributed by atoms with Crippen LogP contribution in [0, 0.1) is 18.7 Å². The smallest absolute Gasteiger partial charge is 0.313 e. The van der Waals surface area contributed by atoms with Crippen LogP contribution >= 0.6 is 11.6 Å². The Morgan fingerprint density at radius 2 is 1.86 bits per heavy atom. The number of rotatable bonds is 6. The summed E-state index contributed by atoms with van der Waals surface area (Å²) in [5.41, 5.74) is 2.69. The van der Waals surface area contributed by atoms with E-state index in [-0.39, 0.29) is 22.6 Å². The molecule has 0 saturated carbocycles. The Morgan fingerprint density at radius 1 is 1.11 bits per heavy atom. The third-order valence-corrected chi connectivity index (χ3v) is 6.19. The first kappa shape index (κ1) is 24.5. The van der Waals surface area contributed by atoms with Crippen molar-refractivity contribution in [2.45, 2.75) is 33.6 Å². The molecule has 10 heteroatoms. The van der Waals surface area contributed by atoms with E-state index < -0.39 is 23.3 Å². The summed E-state index contributed by atoms with van der Waals surface area (Å²) in [6.45, 7) is 4.95. The number of aryl methyl sites for hydroxylation is 4. The van der Waals surface area contributed by atoms with Crippen molar-refractivity contribution in [2.24, 2.45) is 20.0 Å². The van der Waals surface area contributed by atoms with Crippen molar-refractivity contribution in [2.75, 3.05) is 0 Å². The molecule has 0 saturated heterocycles. The second-order valence-electron chi connectivity index (χ2n) is 8.71. The molecule has 0 aliphatic heterocycles. The van der Waals surface area contributed by atoms with E-state index in [1.807, 2.05) is 25.2 Å². The summed E-state index contributed by atoms with van der Waals surface area (Å²) in [7, 11) is 3.27. The molecular formula is C25H25ClFN5O3. The van der Waals surface area contributed by atoms with Gasteiger partial charge >= 0.3 is 5.97 Å². The Bertz CT molecular complexity index is 1510. The van der Waals surface area contributed by atoms with Crippen molar-refractivity contribution in [1.29, 1.82) is 0 Å². The molecule has 182 valence electrons. The largest absolute Gasteiger partial charge is 0.423 e.